The maximum absolute atomic E-state index is 12.4. The lowest BCUT2D eigenvalue weighted by atomic mass is 9.95. The number of rotatable bonds is 10. The lowest BCUT2D eigenvalue weighted by Crippen LogP contribution is -2.49. The van der Waals surface area contributed by atoms with Gasteiger partial charge in [0, 0.05) is 63.2 Å². The van der Waals surface area contributed by atoms with E-state index < -0.39 is 0 Å². The zero-order valence-corrected chi connectivity index (χ0v) is 30.7. The number of carbonyl (C=O) groups excluding carboxylic acids is 1. The average Bonchev–Trinajstić information content (AvgIpc) is 3.62. The molecular formula is C37H59N9O4. The molecule has 0 spiro atoms. The average molecular weight is 694 g/mol. The van der Waals surface area contributed by atoms with Gasteiger partial charge in [-0.25, -0.2) is 15.3 Å². The number of benzene rings is 1. The summed E-state index contributed by atoms with van der Waals surface area (Å²) in [5.74, 6) is 1.19. The molecule has 7 rings (SSSR count). The Morgan fingerprint density at radius 3 is 2.22 bits per heavy atom. The number of hydrogen-bond donors (Lipinski definition) is 3. The molecule has 4 fully saturated rings. The number of ether oxygens (including phenoxy) is 2. The minimum absolute atomic E-state index is 0.0531. The predicted octanol–water partition coefficient (Wildman–Crippen LogP) is 6.76. The van der Waals surface area contributed by atoms with Crippen molar-refractivity contribution in [2.45, 2.75) is 117 Å². The molecule has 0 bridgehead atoms. The fourth-order valence-electron chi connectivity index (χ4n) is 6.89. The summed E-state index contributed by atoms with van der Waals surface area (Å²) in [4.78, 5) is 36.9. The Morgan fingerprint density at radius 2 is 1.54 bits per heavy atom. The molecule has 4 aliphatic rings. The van der Waals surface area contributed by atoms with Crippen molar-refractivity contribution in [2.75, 3.05) is 61.5 Å². The zero-order valence-electron chi connectivity index (χ0n) is 30.7. The van der Waals surface area contributed by atoms with Gasteiger partial charge in [-0.05, 0) is 69.2 Å². The molecule has 2 aromatic heterocycles. The molecule has 276 valence electrons. The standard InChI is InChI=1S/C33H47N9O4.2C2H6/c43-27(39-46-29-11-5-7-21-45-29)22-40-16-18-41(19-17-40)26-14-12-25(13-15-26)36-33-37-31(35-24-8-2-1-3-9-24)30-32(38-33)42(23-34-30)28-10-4-6-20-44-28;2*1-2/h12-15,23-24,28-29H,1-11,16-22H2,(H,39,43)(H2,35,36,37,38);2*1-2H3. The van der Waals surface area contributed by atoms with Crippen molar-refractivity contribution in [3.05, 3.63) is 30.6 Å². The van der Waals surface area contributed by atoms with E-state index in [1.807, 2.05) is 34.0 Å². The lowest BCUT2D eigenvalue weighted by molar-refractivity contribution is -0.200. The fourth-order valence-corrected chi connectivity index (χ4v) is 6.89. The molecule has 50 heavy (non-hydrogen) atoms. The second-order valence-electron chi connectivity index (χ2n) is 12.9. The highest BCUT2D eigenvalue weighted by Crippen LogP contribution is 2.31. The monoisotopic (exact) mass is 693 g/mol. The van der Waals surface area contributed by atoms with Crippen molar-refractivity contribution in [1.82, 2.24) is 29.9 Å². The van der Waals surface area contributed by atoms with Crippen LogP contribution in [0.25, 0.3) is 11.2 Å². The van der Waals surface area contributed by atoms with Crippen LogP contribution >= 0.6 is 0 Å². The SMILES string of the molecule is CC.CC.O=C(CN1CCN(c2ccc(Nc3nc(NC4CCCCC4)c4ncn(C5CCCCO5)c4n3)cc2)CC1)NOC1CCCCO1. The molecular weight excluding hydrogens is 634 g/mol. The molecule has 13 nitrogen and oxygen atoms in total. The molecule has 5 heterocycles. The Morgan fingerprint density at radius 1 is 0.840 bits per heavy atom. The third kappa shape index (κ3) is 10.3. The number of aromatic nitrogens is 4. The number of amides is 1. The van der Waals surface area contributed by atoms with Crippen LogP contribution < -0.4 is 21.0 Å². The van der Waals surface area contributed by atoms with Crippen molar-refractivity contribution < 1.29 is 19.1 Å². The number of fused-ring (bicyclic) bond motifs is 1. The van der Waals surface area contributed by atoms with Crippen molar-refractivity contribution in [3.63, 3.8) is 0 Å². The number of nitrogens with one attached hydrogen (secondary N) is 3. The minimum Gasteiger partial charge on any atom is -0.369 e. The molecule has 3 aromatic rings. The van der Waals surface area contributed by atoms with Gasteiger partial charge in [0.25, 0.3) is 5.91 Å². The normalized spacial score (nSPS) is 21.7. The van der Waals surface area contributed by atoms with E-state index in [4.69, 9.17) is 29.3 Å². The van der Waals surface area contributed by atoms with E-state index in [0.29, 0.717) is 25.1 Å². The summed E-state index contributed by atoms with van der Waals surface area (Å²) >= 11 is 0. The van der Waals surface area contributed by atoms with Crippen LogP contribution in [0.3, 0.4) is 0 Å². The Hall–Kier alpha value is -3.52. The molecule has 0 radical (unpaired) electrons. The van der Waals surface area contributed by atoms with Crippen LogP contribution in [0.1, 0.15) is 105 Å². The molecule has 3 aliphatic heterocycles. The van der Waals surface area contributed by atoms with E-state index in [2.05, 4.69) is 54.7 Å². The van der Waals surface area contributed by atoms with Crippen LogP contribution in [0.2, 0.25) is 0 Å². The van der Waals surface area contributed by atoms with Gasteiger partial charge in [0.15, 0.2) is 23.3 Å². The van der Waals surface area contributed by atoms with Crippen molar-refractivity contribution in [3.8, 4) is 0 Å². The first-order chi connectivity index (χ1) is 24.7. The summed E-state index contributed by atoms with van der Waals surface area (Å²) in [6.07, 6.45) is 13.6. The summed E-state index contributed by atoms with van der Waals surface area (Å²) in [6, 6.07) is 8.80. The van der Waals surface area contributed by atoms with E-state index in [-0.39, 0.29) is 18.4 Å². The summed E-state index contributed by atoms with van der Waals surface area (Å²) in [6.45, 7) is 13.1. The summed E-state index contributed by atoms with van der Waals surface area (Å²) in [7, 11) is 0. The molecule has 2 atom stereocenters. The van der Waals surface area contributed by atoms with E-state index in [0.717, 1.165) is 113 Å². The van der Waals surface area contributed by atoms with Gasteiger partial charge in [0.2, 0.25) is 5.95 Å². The van der Waals surface area contributed by atoms with Crippen LogP contribution in [0, 0.1) is 0 Å². The number of anilines is 4. The van der Waals surface area contributed by atoms with Gasteiger partial charge in [0.1, 0.15) is 6.23 Å². The van der Waals surface area contributed by atoms with Crippen molar-refractivity contribution in [2.24, 2.45) is 0 Å². The van der Waals surface area contributed by atoms with Gasteiger partial charge < -0.3 is 25.0 Å². The molecule has 13 heteroatoms. The fraction of sp³-hybridized carbons (Fsp3) is 0.676. The zero-order chi connectivity index (χ0) is 35.1. The first-order valence-corrected chi connectivity index (χ1v) is 19.2. The van der Waals surface area contributed by atoms with Crippen LogP contribution in [-0.4, -0.2) is 88.6 Å². The Labute approximate surface area is 297 Å². The topological polar surface area (TPSA) is 131 Å². The van der Waals surface area contributed by atoms with Gasteiger partial charge in [0.05, 0.1) is 12.9 Å². The first-order valence-electron chi connectivity index (χ1n) is 19.2. The second-order valence-corrected chi connectivity index (χ2v) is 12.9. The number of piperazine rings is 1. The number of hydroxylamine groups is 1. The molecule has 1 saturated carbocycles. The third-order valence-electron chi connectivity index (χ3n) is 9.50. The number of carbonyl (C=O) groups is 1. The van der Waals surface area contributed by atoms with Gasteiger partial charge in [-0.15, -0.1) is 0 Å². The summed E-state index contributed by atoms with van der Waals surface area (Å²) in [5.41, 5.74) is 6.22. The molecule has 2 unspecified atom stereocenters. The Kier molecular flexibility index (Phi) is 14.9. The summed E-state index contributed by atoms with van der Waals surface area (Å²) in [5, 5.41) is 7.15. The van der Waals surface area contributed by atoms with Gasteiger partial charge in [-0.2, -0.15) is 9.97 Å². The van der Waals surface area contributed by atoms with Crippen LogP contribution in [0.15, 0.2) is 30.6 Å². The second kappa shape index (κ2) is 19.8. The highest BCUT2D eigenvalue weighted by Gasteiger charge is 2.24. The number of nitrogens with zero attached hydrogens (tertiary/aromatic N) is 6. The highest BCUT2D eigenvalue weighted by molar-refractivity contribution is 5.85. The Balaban J connectivity index is 0.00000117. The highest BCUT2D eigenvalue weighted by atomic mass is 16.8. The third-order valence-corrected chi connectivity index (χ3v) is 9.50. The van der Waals surface area contributed by atoms with Gasteiger partial charge in [-0.1, -0.05) is 47.0 Å². The summed E-state index contributed by atoms with van der Waals surface area (Å²) < 4.78 is 13.7. The van der Waals surface area contributed by atoms with Crippen LogP contribution in [0.5, 0.6) is 0 Å². The maximum atomic E-state index is 12.4. The number of imidazole rings is 1. The van der Waals surface area contributed by atoms with Crippen molar-refractivity contribution in [1.29, 1.82) is 0 Å². The van der Waals surface area contributed by atoms with E-state index in [9.17, 15) is 4.79 Å². The Bertz CT molecular complexity index is 1430. The van der Waals surface area contributed by atoms with Gasteiger partial charge >= 0.3 is 0 Å². The largest absolute Gasteiger partial charge is 0.369 e. The lowest BCUT2D eigenvalue weighted by Gasteiger charge is -2.35. The predicted molar refractivity (Wildman–Crippen MR) is 199 cm³/mol. The van der Waals surface area contributed by atoms with Crippen LogP contribution in [0.4, 0.5) is 23.1 Å². The van der Waals surface area contributed by atoms with E-state index >= 15 is 0 Å². The minimum atomic E-state index is -0.332. The smallest absolute Gasteiger partial charge is 0.257 e. The van der Waals surface area contributed by atoms with Crippen LogP contribution in [-0.2, 0) is 19.1 Å². The molecule has 1 aliphatic carbocycles. The van der Waals surface area contributed by atoms with Gasteiger partial charge in [-0.3, -0.25) is 14.3 Å². The maximum Gasteiger partial charge on any atom is 0.257 e. The molecule has 1 aromatic carbocycles. The number of hydrogen-bond acceptors (Lipinski definition) is 11. The van der Waals surface area contributed by atoms with E-state index in [1.165, 1.54) is 19.3 Å². The quantitative estimate of drug-likeness (QED) is 0.195. The van der Waals surface area contributed by atoms with E-state index in [1.54, 1.807) is 0 Å². The van der Waals surface area contributed by atoms with Crippen molar-refractivity contribution >= 4 is 40.2 Å². The molecule has 3 saturated heterocycles. The molecule has 3 N–H and O–H groups in total. The molecule has 1 amide bonds. The first kappa shape index (κ1) is 37.7.